The Labute approximate surface area is 116 Å². The molecule has 0 fully saturated rings. The summed E-state index contributed by atoms with van der Waals surface area (Å²) in [7, 11) is 0. The number of hydrogen-bond donors (Lipinski definition) is 2. The lowest BCUT2D eigenvalue weighted by Gasteiger charge is -2.10. The molecule has 0 aliphatic rings. The van der Waals surface area contributed by atoms with Gasteiger partial charge in [0.2, 0.25) is 5.95 Å². The minimum atomic E-state index is -5.26. The van der Waals surface area contributed by atoms with Gasteiger partial charge >= 0.3 is 24.2 Å². The monoisotopic (exact) mass is 336 g/mol. The van der Waals surface area contributed by atoms with Crippen LogP contribution in [0.4, 0.5) is 38.1 Å². The van der Waals surface area contributed by atoms with Gasteiger partial charge in [-0.3, -0.25) is 14.9 Å². The standard InChI is InChI=1S/C8H3ClF6N4O2/c9-2-1-3(17-4(20)7(10,11)12)18-6(16-2)19-5(21)8(13,14)15/h1H,(H2,16,17,18,19,20,21). The quantitative estimate of drug-likeness (QED) is 0.640. The highest BCUT2D eigenvalue weighted by Gasteiger charge is 2.40. The molecule has 1 rings (SSSR count). The summed E-state index contributed by atoms with van der Waals surface area (Å²) in [6.07, 6.45) is -10.5. The van der Waals surface area contributed by atoms with Crippen molar-refractivity contribution in [3.8, 4) is 0 Å². The molecule has 0 atom stereocenters. The molecule has 1 heterocycles. The maximum atomic E-state index is 12.0. The normalized spacial score (nSPS) is 12.0. The van der Waals surface area contributed by atoms with Crippen LogP contribution < -0.4 is 10.6 Å². The largest absolute Gasteiger partial charge is 0.471 e. The zero-order valence-corrected chi connectivity index (χ0v) is 10.2. The fourth-order valence-corrected chi connectivity index (χ4v) is 1.08. The van der Waals surface area contributed by atoms with Crippen molar-refractivity contribution in [2.75, 3.05) is 10.6 Å². The zero-order chi connectivity index (χ0) is 16.4. The number of rotatable bonds is 2. The van der Waals surface area contributed by atoms with Gasteiger partial charge in [0.05, 0.1) is 0 Å². The highest BCUT2D eigenvalue weighted by molar-refractivity contribution is 6.29. The molecule has 2 amide bonds. The molecule has 21 heavy (non-hydrogen) atoms. The molecule has 0 aliphatic carbocycles. The van der Waals surface area contributed by atoms with E-state index in [2.05, 4.69) is 9.97 Å². The van der Waals surface area contributed by atoms with Gasteiger partial charge in [-0.15, -0.1) is 0 Å². The van der Waals surface area contributed by atoms with Crippen molar-refractivity contribution in [3.63, 3.8) is 0 Å². The lowest BCUT2D eigenvalue weighted by molar-refractivity contribution is -0.167. The molecule has 0 aliphatic heterocycles. The van der Waals surface area contributed by atoms with E-state index in [0.29, 0.717) is 6.07 Å². The Hall–Kier alpha value is -2.11. The molecular weight excluding hydrogens is 334 g/mol. The Balaban J connectivity index is 2.96. The molecule has 1 aromatic heterocycles. The Kier molecular flexibility index (Phi) is 4.61. The van der Waals surface area contributed by atoms with Crippen LogP contribution in [0, 0.1) is 0 Å². The highest BCUT2D eigenvalue weighted by atomic mass is 35.5. The van der Waals surface area contributed by atoms with Crippen LogP contribution >= 0.6 is 11.6 Å². The number of anilines is 2. The van der Waals surface area contributed by atoms with E-state index in [1.54, 1.807) is 0 Å². The summed E-state index contributed by atoms with van der Waals surface area (Å²) in [5, 5.41) is 1.82. The van der Waals surface area contributed by atoms with Crippen molar-refractivity contribution in [2.45, 2.75) is 12.4 Å². The average molecular weight is 337 g/mol. The Morgan fingerprint density at radius 1 is 0.952 bits per heavy atom. The molecule has 116 valence electrons. The van der Waals surface area contributed by atoms with Gasteiger partial charge in [-0.2, -0.15) is 31.3 Å². The van der Waals surface area contributed by atoms with Crippen LogP contribution in [0.2, 0.25) is 5.15 Å². The predicted molar refractivity (Wildman–Crippen MR) is 56.4 cm³/mol. The van der Waals surface area contributed by atoms with Crippen LogP contribution in [0.3, 0.4) is 0 Å². The summed E-state index contributed by atoms with van der Waals surface area (Å²) in [5.41, 5.74) is 0. The van der Waals surface area contributed by atoms with E-state index in [9.17, 15) is 35.9 Å². The molecule has 13 heteroatoms. The topological polar surface area (TPSA) is 84.0 Å². The number of nitrogens with zero attached hydrogens (tertiary/aromatic N) is 2. The molecule has 0 saturated heterocycles. The molecule has 0 saturated carbocycles. The summed E-state index contributed by atoms with van der Waals surface area (Å²) >= 11 is 5.33. The number of carbonyl (C=O) groups excluding carboxylic acids is 2. The number of alkyl halides is 6. The fourth-order valence-electron chi connectivity index (χ4n) is 0.897. The van der Waals surface area contributed by atoms with Crippen molar-refractivity contribution in [1.82, 2.24) is 9.97 Å². The lowest BCUT2D eigenvalue weighted by Crippen LogP contribution is -2.32. The lowest BCUT2D eigenvalue weighted by atomic mass is 10.5. The molecule has 0 spiro atoms. The molecule has 1 aromatic rings. The molecule has 0 radical (unpaired) electrons. The first-order valence-electron chi connectivity index (χ1n) is 4.70. The highest BCUT2D eigenvalue weighted by Crippen LogP contribution is 2.21. The van der Waals surface area contributed by atoms with E-state index >= 15 is 0 Å². The van der Waals surface area contributed by atoms with Gasteiger partial charge in [-0.1, -0.05) is 11.6 Å². The maximum Gasteiger partial charge on any atom is 0.471 e. The summed E-state index contributed by atoms with van der Waals surface area (Å²) in [5.74, 6) is -6.75. The van der Waals surface area contributed by atoms with Gasteiger partial charge in [0.25, 0.3) is 0 Å². The van der Waals surface area contributed by atoms with E-state index < -0.39 is 41.1 Å². The molecule has 0 unspecified atom stereocenters. The van der Waals surface area contributed by atoms with Gasteiger partial charge in [-0.05, 0) is 0 Å². The summed E-state index contributed by atoms with van der Waals surface area (Å²) in [4.78, 5) is 27.5. The molecule has 6 nitrogen and oxygen atoms in total. The summed E-state index contributed by atoms with van der Waals surface area (Å²) < 4.78 is 71.9. The van der Waals surface area contributed by atoms with Gasteiger partial charge in [0, 0.05) is 6.07 Å². The van der Waals surface area contributed by atoms with E-state index in [-0.39, 0.29) is 0 Å². The maximum absolute atomic E-state index is 12.0. The molecule has 0 bridgehead atoms. The number of nitrogens with one attached hydrogen (secondary N) is 2. The number of hydrogen-bond acceptors (Lipinski definition) is 4. The second-order valence-electron chi connectivity index (χ2n) is 3.30. The number of aromatic nitrogens is 2. The van der Waals surface area contributed by atoms with Gasteiger partial charge in [0.1, 0.15) is 11.0 Å². The molecular formula is C8H3ClF6N4O2. The Bertz CT molecular complexity index is 527. The minimum Gasteiger partial charge on any atom is -0.303 e. The predicted octanol–water partition coefficient (Wildman–Crippen LogP) is 2.13. The van der Waals surface area contributed by atoms with Crippen molar-refractivity contribution in [1.29, 1.82) is 0 Å². The number of halogens is 7. The van der Waals surface area contributed by atoms with Crippen LogP contribution in [-0.2, 0) is 9.59 Å². The van der Waals surface area contributed by atoms with Gasteiger partial charge < -0.3 is 5.32 Å². The third kappa shape index (κ3) is 5.06. The van der Waals surface area contributed by atoms with E-state index in [1.807, 2.05) is 0 Å². The van der Waals surface area contributed by atoms with Crippen LogP contribution in [0.15, 0.2) is 6.07 Å². The van der Waals surface area contributed by atoms with Crippen molar-refractivity contribution >= 4 is 35.2 Å². The van der Waals surface area contributed by atoms with Crippen molar-refractivity contribution < 1.29 is 35.9 Å². The number of carbonyl (C=O) groups is 2. The Morgan fingerprint density at radius 3 is 1.90 bits per heavy atom. The van der Waals surface area contributed by atoms with Crippen molar-refractivity contribution in [3.05, 3.63) is 11.2 Å². The van der Waals surface area contributed by atoms with Crippen molar-refractivity contribution in [2.24, 2.45) is 0 Å². The smallest absolute Gasteiger partial charge is 0.303 e. The van der Waals surface area contributed by atoms with Gasteiger partial charge in [0.15, 0.2) is 0 Å². The first-order valence-corrected chi connectivity index (χ1v) is 5.08. The second-order valence-corrected chi connectivity index (χ2v) is 3.69. The Morgan fingerprint density at radius 2 is 1.43 bits per heavy atom. The minimum absolute atomic E-state index is 0.597. The summed E-state index contributed by atoms with van der Waals surface area (Å²) in [6, 6.07) is 0.647. The SMILES string of the molecule is O=C(Nc1cc(Cl)nc(NC(=O)C(F)(F)F)n1)C(F)(F)F. The molecule has 2 N–H and O–H groups in total. The van der Waals surface area contributed by atoms with E-state index in [1.165, 1.54) is 10.6 Å². The van der Waals surface area contributed by atoms with Crippen LogP contribution in [0.25, 0.3) is 0 Å². The first kappa shape index (κ1) is 16.9. The van der Waals surface area contributed by atoms with Crippen LogP contribution in [0.1, 0.15) is 0 Å². The van der Waals surface area contributed by atoms with Gasteiger partial charge in [-0.25, -0.2) is 4.98 Å². The zero-order valence-electron chi connectivity index (χ0n) is 9.43. The van der Waals surface area contributed by atoms with E-state index in [0.717, 1.165) is 0 Å². The second kappa shape index (κ2) is 5.71. The van der Waals surface area contributed by atoms with Crippen LogP contribution in [0.5, 0.6) is 0 Å². The fraction of sp³-hybridized carbons (Fsp3) is 0.250. The first-order chi connectivity index (χ1) is 9.39. The third-order valence-electron chi connectivity index (χ3n) is 1.68. The number of amides is 2. The molecule has 0 aromatic carbocycles. The third-order valence-corrected chi connectivity index (χ3v) is 1.87. The average Bonchev–Trinajstić information content (AvgIpc) is 2.25. The van der Waals surface area contributed by atoms with E-state index in [4.69, 9.17) is 11.6 Å². The summed E-state index contributed by atoms with van der Waals surface area (Å²) in [6.45, 7) is 0. The van der Waals surface area contributed by atoms with Crippen LogP contribution in [-0.4, -0.2) is 34.1 Å².